The fraction of sp³-hybridized carbons (Fsp3) is 0.429. The molecular weight excluding hydrogens is 619 g/mol. The molecule has 0 heterocycles. The van der Waals surface area contributed by atoms with E-state index in [4.69, 9.17) is 9.47 Å². The van der Waals surface area contributed by atoms with Crippen LogP contribution in [0.1, 0.15) is 82.6 Å². The average molecular weight is 673 g/mol. The first-order valence-electron chi connectivity index (χ1n) is 17.2. The molecule has 0 aromatic heterocycles. The number of hydrogen-bond acceptors (Lipinski definition) is 6. The van der Waals surface area contributed by atoms with Crippen molar-refractivity contribution in [3.05, 3.63) is 119 Å². The van der Waals surface area contributed by atoms with Crippen molar-refractivity contribution in [2.45, 2.75) is 97.2 Å². The summed E-state index contributed by atoms with van der Waals surface area (Å²) in [5.74, 6) is -2.02. The van der Waals surface area contributed by atoms with E-state index >= 15 is 4.39 Å². The minimum absolute atomic E-state index is 0.0476. The van der Waals surface area contributed by atoms with Crippen molar-refractivity contribution in [1.82, 2.24) is 0 Å². The number of carbonyl (C=O) groups is 2. The van der Waals surface area contributed by atoms with Crippen LogP contribution in [0.4, 0.5) is 4.39 Å². The van der Waals surface area contributed by atoms with Crippen molar-refractivity contribution in [2.24, 2.45) is 5.92 Å². The lowest BCUT2D eigenvalue weighted by Gasteiger charge is -2.23. The van der Waals surface area contributed by atoms with Crippen LogP contribution in [0.3, 0.4) is 0 Å². The van der Waals surface area contributed by atoms with Crippen LogP contribution in [0.25, 0.3) is 11.1 Å². The Kier molecular flexibility index (Phi) is 14.5. The SMILES string of the molecule is C=C(C(=O)OCC(CCc1ccc(CCc2ccc(-c3ccc(CCCCC)cc3)c(F)c2)cc1)COC(=O)C(=C)C(C)(C)O)C(C)(C)O. The van der Waals surface area contributed by atoms with Crippen LogP contribution in [0, 0.1) is 11.7 Å². The molecule has 0 aliphatic carbocycles. The Hall–Kier alpha value is -4.07. The van der Waals surface area contributed by atoms with Gasteiger partial charge in [0, 0.05) is 11.5 Å². The lowest BCUT2D eigenvalue weighted by Crippen LogP contribution is -2.31. The summed E-state index contributed by atoms with van der Waals surface area (Å²) in [6.07, 6.45) is 7.27. The second-order valence-electron chi connectivity index (χ2n) is 14.0. The molecule has 264 valence electrons. The Bertz CT molecular complexity index is 1520. The van der Waals surface area contributed by atoms with E-state index in [0.717, 1.165) is 35.1 Å². The van der Waals surface area contributed by atoms with E-state index in [1.54, 1.807) is 6.07 Å². The lowest BCUT2D eigenvalue weighted by atomic mass is 9.97. The second kappa shape index (κ2) is 18.1. The number of ether oxygens (including phenoxy) is 2. The zero-order valence-electron chi connectivity index (χ0n) is 29.8. The molecule has 0 atom stereocenters. The van der Waals surface area contributed by atoms with E-state index in [9.17, 15) is 19.8 Å². The number of esters is 2. The number of aliphatic hydroxyl groups is 2. The summed E-state index contributed by atoms with van der Waals surface area (Å²) in [4.78, 5) is 24.9. The topological polar surface area (TPSA) is 93.1 Å². The van der Waals surface area contributed by atoms with Crippen molar-refractivity contribution < 1.29 is 33.7 Å². The van der Waals surface area contributed by atoms with Gasteiger partial charge < -0.3 is 19.7 Å². The normalized spacial score (nSPS) is 11.8. The summed E-state index contributed by atoms with van der Waals surface area (Å²) < 4.78 is 25.9. The minimum Gasteiger partial charge on any atom is -0.462 e. The highest BCUT2D eigenvalue weighted by Gasteiger charge is 2.28. The lowest BCUT2D eigenvalue weighted by molar-refractivity contribution is -0.146. The molecule has 3 aromatic rings. The number of carbonyl (C=O) groups excluding carboxylic acids is 2. The Morgan fingerprint density at radius 1 is 0.694 bits per heavy atom. The number of hydrogen-bond donors (Lipinski definition) is 2. The van der Waals surface area contributed by atoms with Gasteiger partial charge >= 0.3 is 11.9 Å². The third-order valence-electron chi connectivity index (χ3n) is 8.80. The highest BCUT2D eigenvalue weighted by molar-refractivity contribution is 5.90. The molecule has 0 aliphatic rings. The monoisotopic (exact) mass is 672 g/mol. The molecule has 3 rings (SSSR count). The van der Waals surface area contributed by atoms with Crippen LogP contribution < -0.4 is 0 Å². The summed E-state index contributed by atoms with van der Waals surface area (Å²) in [6, 6.07) is 21.9. The highest BCUT2D eigenvalue weighted by atomic mass is 19.1. The van der Waals surface area contributed by atoms with Crippen molar-refractivity contribution in [3.63, 3.8) is 0 Å². The van der Waals surface area contributed by atoms with Gasteiger partial charge in [0.2, 0.25) is 0 Å². The Morgan fingerprint density at radius 3 is 1.63 bits per heavy atom. The van der Waals surface area contributed by atoms with Crippen LogP contribution in [-0.2, 0) is 44.7 Å². The first kappa shape index (κ1) is 39.4. The molecule has 0 saturated heterocycles. The summed E-state index contributed by atoms with van der Waals surface area (Å²) in [5, 5.41) is 20.2. The summed E-state index contributed by atoms with van der Waals surface area (Å²) in [6.45, 7) is 15.2. The summed E-state index contributed by atoms with van der Waals surface area (Å²) in [5.41, 5.74) is 2.90. The van der Waals surface area contributed by atoms with Gasteiger partial charge in [-0.15, -0.1) is 0 Å². The van der Waals surface area contributed by atoms with Gasteiger partial charge in [-0.2, -0.15) is 0 Å². The van der Waals surface area contributed by atoms with E-state index in [0.29, 0.717) is 24.8 Å². The number of halogens is 1. The molecule has 0 spiro atoms. The third kappa shape index (κ3) is 12.7. The van der Waals surface area contributed by atoms with E-state index in [2.05, 4.69) is 44.3 Å². The van der Waals surface area contributed by atoms with Crippen molar-refractivity contribution in [2.75, 3.05) is 13.2 Å². The van der Waals surface area contributed by atoms with Crippen molar-refractivity contribution in [1.29, 1.82) is 0 Å². The Labute approximate surface area is 291 Å². The predicted molar refractivity (Wildman–Crippen MR) is 194 cm³/mol. The summed E-state index contributed by atoms with van der Waals surface area (Å²) >= 11 is 0. The highest BCUT2D eigenvalue weighted by Crippen LogP contribution is 2.26. The van der Waals surface area contributed by atoms with Crippen LogP contribution in [0.15, 0.2) is 91.0 Å². The molecular formula is C42H53FO6. The maximum absolute atomic E-state index is 15.1. The van der Waals surface area contributed by atoms with E-state index in [-0.39, 0.29) is 36.1 Å². The summed E-state index contributed by atoms with van der Waals surface area (Å²) in [7, 11) is 0. The molecule has 0 radical (unpaired) electrons. The Morgan fingerprint density at radius 2 is 1.14 bits per heavy atom. The van der Waals surface area contributed by atoms with Crippen molar-refractivity contribution in [3.8, 4) is 11.1 Å². The van der Waals surface area contributed by atoms with Gasteiger partial charge in [0.1, 0.15) is 5.82 Å². The van der Waals surface area contributed by atoms with Gasteiger partial charge in [0.15, 0.2) is 0 Å². The van der Waals surface area contributed by atoms with Crippen LogP contribution in [0.5, 0.6) is 0 Å². The molecule has 49 heavy (non-hydrogen) atoms. The van der Waals surface area contributed by atoms with E-state index in [1.165, 1.54) is 52.5 Å². The molecule has 3 aromatic carbocycles. The number of aryl methyl sites for hydroxylation is 4. The van der Waals surface area contributed by atoms with Crippen LogP contribution >= 0.6 is 0 Å². The Balaban J connectivity index is 1.56. The first-order valence-corrected chi connectivity index (χ1v) is 17.2. The molecule has 2 N–H and O–H groups in total. The minimum atomic E-state index is -1.43. The van der Waals surface area contributed by atoms with Gasteiger partial charge in [-0.25, -0.2) is 14.0 Å². The van der Waals surface area contributed by atoms with Crippen molar-refractivity contribution >= 4 is 11.9 Å². The number of rotatable bonds is 19. The van der Waals surface area contributed by atoms with Gasteiger partial charge in [-0.1, -0.05) is 93.6 Å². The molecule has 0 bridgehead atoms. The van der Waals surface area contributed by atoms with Gasteiger partial charge in [-0.3, -0.25) is 0 Å². The standard InChI is InChI=1S/C42H53FO6/c1-8-9-10-11-31-20-23-36(24-21-31)37-25-22-34(26-38(37)43)18-16-32-12-14-33(15-13-32)17-19-35(27-48-39(44)29(2)41(4,5)46)28-49-40(45)30(3)42(6,7)47/h12-15,20-26,35,46-47H,2-3,8-11,16-19,27-28H2,1,4-7H3. The largest absolute Gasteiger partial charge is 0.462 e. The van der Waals surface area contributed by atoms with Gasteiger partial charge in [-0.05, 0) is 100 Å². The van der Waals surface area contributed by atoms with Gasteiger partial charge in [0.25, 0.3) is 0 Å². The molecule has 6 nitrogen and oxygen atoms in total. The molecule has 0 amide bonds. The first-order chi connectivity index (χ1) is 23.1. The maximum atomic E-state index is 15.1. The fourth-order valence-corrected chi connectivity index (χ4v) is 5.19. The quantitative estimate of drug-likeness (QED) is 0.0756. The third-order valence-corrected chi connectivity index (χ3v) is 8.80. The van der Waals surface area contributed by atoms with Crippen LogP contribution in [-0.4, -0.2) is 46.6 Å². The number of unbranched alkanes of at least 4 members (excludes halogenated alkanes) is 2. The number of benzene rings is 3. The maximum Gasteiger partial charge on any atom is 0.336 e. The van der Waals surface area contributed by atoms with Gasteiger partial charge in [0.05, 0.1) is 35.6 Å². The zero-order valence-corrected chi connectivity index (χ0v) is 29.8. The van der Waals surface area contributed by atoms with E-state index < -0.39 is 23.1 Å². The van der Waals surface area contributed by atoms with Crippen LogP contribution in [0.2, 0.25) is 0 Å². The smallest absolute Gasteiger partial charge is 0.336 e. The average Bonchev–Trinajstić information content (AvgIpc) is 3.06. The fourth-order valence-electron chi connectivity index (χ4n) is 5.19. The molecule has 0 unspecified atom stereocenters. The van der Waals surface area contributed by atoms with E-state index in [1.807, 2.05) is 36.4 Å². The molecule has 0 fully saturated rings. The molecule has 0 saturated carbocycles. The molecule has 7 heteroatoms. The predicted octanol–water partition coefficient (Wildman–Crippen LogP) is 8.30. The zero-order chi connectivity index (χ0) is 36.2. The molecule has 0 aliphatic heterocycles. The second-order valence-corrected chi connectivity index (χ2v) is 14.0.